The maximum atomic E-state index is 5.62. The summed E-state index contributed by atoms with van der Waals surface area (Å²) in [6.07, 6.45) is 3.28. The zero-order valence-corrected chi connectivity index (χ0v) is 6.63. The summed E-state index contributed by atoms with van der Waals surface area (Å²) < 4.78 is 5.45. The summed E-state index contributed by atoms with van der Waals surface area (Å²) in [6.45, 7) is 1.89. The summed E-state index contributed by atoms with van der Waals surface area (Å²) in [5, 5.41) is 0. The van der Waals surface area contributed by atoms with Crippen molar-refractivity contribution >= 4 is 0 Å². The van der Waals surface area contributed by atoms with Gasteiger partial charge in [0.1, 0.15) is 5.76 Å². The molecule has 1 aromatic heterocycles. The molecule has 1 unspecified atom stereocenters. The lowest BCUT2D eigenvalue weighted by Crippen LogP contribution is -2.05. The fourth-order valence-corrected chi connectivity index (χ4v) is 1.41. The highest BCUT2D eigenvalue weighted by atomic mass is 16.4. The summed E-state index contributed by atoms with van der Waals surface area (Å²) in [4.78, 5) is 4.30. The fraction of sp³-hybridized carbons (Fsp3) is 0.625. The van der Waals surface area contributed by atoms with Gasteiger partial charge < -0.3 is 10.2 Å². The third-order valence-electron chi connectivity index (χ3n) is 2.00. The van der Waals surface area contributed by atoms with Crippen LogP contribution in [0.1, 0.15) is 36.7 Å². The molecular formula is C8H12N2O. The standard InChI is InChI=1S/C8H12N2O/c1-5(9)8-10-6-3-2-4-7(6)11-8/h5H,2-4,9H2,1H3. The van der Waals surface area contributed by atoms with E-state index in [0.29, 0.717) is 5.89 Å². The predicted octanol–water partition coefficient (Wildman–Crippen LogP) is 1.18. The minimum Gasteiger partial charge on any atom is -0.444 e. The number of oxazole rings is 1. The van der Waals surface area contributed by atoms with Gasteiger partial charge in [0.15, 0.2) is 0 Å². The Morgan fingerprint density at radius 3 is 3.00 bits per heavy atom. The van der Waals surface area contributed by atoms with Crippen LogP contribution in [0, 0.1) is 0 Å². The molecule has 11 heavy (non-hydrogen) atoms. The highest BCUT2D eigenvalue weighted by Gasteiger charge is 2.19. The van der Waals surface area contributed by atoms with Gasteiger partial charge in [-0.15, -0.1) is 0 Å². The molecule has 0 amide bonds. The molecule has 0 aromatic carbocycles. The van der Waals surface area contributed by atoms with Gasteiger partial charge in [0.2, 0.25) is 5.89 Å². The molecule has 1 aliphatic carbocycles. The van der Waals surface area contributed by atoms with Crippen LogP contribution in [-0.4, -0.2) is 4.98 Å². The van der Waals surface area contributed by atoms with Crippen LogP contribution in [0.5, 0.6) is 0 Å². The summed E-state index contributed by atoms with van der Waals surface area (Å²) in [5.41, 5.74) is 6.74. The Balaban J connectivity index is 2.34. The first kappa shape index (κ1) is 6.85. The van der Waals surface area contributed by atoms with E-state index in [2.05, 4.69) is 4.98 Å². The Morgan fingerprint density at radius 1 is 1.55 bits per heavy atom. The fourth-order valence-electron chi connectivity index (χ4n) is 1.41. The number of fused-ring (bicyclic) bond motifs is 1. The van der Waals surface area contributed by atoms with E-state index in [1.807, 2.05) is 6.92 Å². The highest BCUT2D eigenvalue weighted by Crippen LogP contribution is 2.23. The lowest BCUT2D eigenvalue weighted by Gasteiger charge is -1.96. The molecule has 1 aliphatic rings. The van der Waals surface area contributed by atoms with E-state index in [1.54, 1.807) is 0 Å². The minimum absolute atomic E-state index is 0.0689. The normalized spacial score (nSPS) is 18.4. The van der Waals surface area contributed by atoms with Crippen LogP contribution in [0.15, 0.2) is 4.42 Å². The third-order valence-corrected chi connectivity index (χ3v) is 2.00. The van der Waals surface area contributed by atoms with E-state index in [9.17, 15) is 0 Å². The first-order chi connectivity index (χ1) is 5.27. The number of hydrogen-bond acceptors (Lipinski definition) is 3. The first-order valence-corrected chi connectivity index (χ1v) is 4.01. The van der Waals surface area contributed by atoms with Gasteiger partial charge in [-0.05, 0) is 19.8 Å². The lowest BCUT2D eigenvalue weighted by atomic mass is 10.3. The van der Waals surface area contributed by atoms with Crippen LogP contribution >= 0.6 is 0 Å². The molecule has 0 bridgehead atoms. The van der Waals surface area contributed by atoms with Gasteiger partial charge in [0.25, 0.3) is 0 Å². The van der Waals surface area contributed by atoms with Crippen molar-refractivity contribution in [1.29, 1.82) is 0 Å². The number of nitrogens with two attached hydrogens (primary N) is 1. The highest BCUT2D eigenvalue weighted by molar-refractivity contribution is 5.16. The van der Waals surface area contributed by atoms with E-state index in [0.717, 1.165) is 24.3 Å². The molecule has 60 valence electrons. The Bertz CT molecular complexity index is 244. The smallest absolute Gasteiger partial charge is 0.211 e. The van der Waals surface area contributed by atoms with Gasteiger partial charge in [-0.3, -0.25) is 0 Å². The monoisotopic (exact) mass is 152 g/mol. The van der Waals surface area contributed by atoms with Crippen molar-refractivity contribution < 1.29 is 4.42 Å². The van der Waals surface area contributed by atoms with E-state index in [4.69, 9.17) is 10.2 Å². The van der Waals surface area contributed by atoms with Gasteiger partial charge in [0, 0.05) is 6.42 Å². The maximum absolute atomic E-state index is 5.62. The SMILES string of the molecule is CC(N)c1nc2c(o1)CCC2. The van der Waals surface area contributed by atoms with E-state index in [-0.39, 0.29) is 6.04 Å². The van der Waals surface area contributed by atoms with Gasteiger partial charge in [-0.25, -0.2) is 4.98 Å². The van der Waals surface area contributed by atoms with Crippen LogP contribution in [0.4, 0.5) is 0 Å². The molecule has 0 fully saturated rings. The molecular weight excluding hydrogens is 140 g/mol. The molecule has 2 rings (SSSR count). The van der Waals surface area contributed by atoms with Crippen LogP contribution in [0.25, 0.3) is 0 Å². The summed E-state index contributed by atoms with van der Waals surface area (Å²) in [5.74, 6) is 1.74. The number of aryl methyl sites for hydroxylation is 2. The minimum atomic E-state index is -0.0689. The quantitative estimate of drug-likeness (QED) is 0.657. The van der Waals surface area contributed by atoms with Crippen molar-refractivity contribution in [2.24, 2.45) is 5.73 Å². The lowest BCUT2D eigenvalue weighted by molar-refractivity contribution is 0.432. The molecule has 1 heterocycles. The molecule has 0 spiro atoms. The van der Waals surface area contributed by atoms with Crippen molar-refractivity contribution in [2.45, 2.75) is 32.2 Å². The van der Waals surface area contributed by atoms with Crippen LogP contribution in [0.3, 0.4) is 0 Å². The largest absolute Gasteiger partial charge is 0.444 e. The zero-order chi connectivity index (χ0) is 7.84. The van der Waals surface area contributed by atoms with Gasteiger partial charge in [-0.1, -0.05) is 0 Å². The Morgan fingerprint density at radius 2 is 2.36 bits per heavy atom. The maximum Gasteiger partial charge on any atom is 0.211 e. The van der Waals surface area contributed by atoms with Crippen molar-refractivity contribution in [3.8, 4) is 0 Å². The van der Waals surface area contributed by atoms with Crippen molar-refractivity contribution in [1.82, 2.24) is 4.98 Å². The predicted molar refractivity (Wildman–Crippen MR) is 41.1 cm³/mol. The Labute approximate surface area is 65.6 Å². The van der Waals surface area contributed by atoms with Crippen LogP contribution < -0.4 is 5.73 Å². The summed E-state index contributed by atoms with van der Waals surface area (Å²) in [7, 11) is 0. The first-order valence-electron chi connectivity index (χ1n) is 4.01. The zero-order valence-electron chi connectivity index (χ0n) is 6.63. The van der Waals surface area contributed by atoms with E-state index >= 15 is 0 Å². The summed E-state index contributed by atoms with van der Waals surface area (Å²) in [6, 6.07) is -0.0689. The Hall–Kier alpha value is -0.830. The van der Waals surface area contributed by atoms with Crippen molar-refractivity contribution in [2.75, 3.05) is 0 Å². The molecule has 1 aromatic rings. The number of hydrogen-bond donors (Lipinski definition) is 1. The summed E-state index contributed by atoms with van der Waals surface area (Å²) >= 11 is 0. The van der Waals surface area contributed by atoms with Gasteiger partial charge in [-0.2, -0.15) is 0 Å². The molecule has 2 N–H and O–H groups in total. The third kappa shape index (κ3) is 1.05. The van der Waals surface area contributed by atoms with Crippen molar-refractivity contribution in [3.63, 3.8) is 0 Å². The molecule has 0 saturated heterocycles. The average Bonchev–Trinajstić information content (AvgIpc) is 2.40. The van der Waals surface area contributed by atoms with Crippen LogP contribution in [0.2, 0.25) is 0 Å². The molecule has 3 nitrogen and oxygen atoms in total. The topological polar surface area (TPSA) is 52.0 Å². The van der Waals surface area contributed by atoms with Crippen molar-refractivity contribution in [3.05, 3.63) is 17.3 Å². The van der Waals surface area contributed by atoms with Crippen LogP contribution in [-0.2, 0) is 12.8 Å². The number of rotatable bonds is 1. The second kappa shape index (κ2) is 2.34. The second-order valence-electron chi connectivity index (χ2n) is 3.06. The Kier molecular flexibility index (Phi) is 1.46. The molecule has 3 heteroatoms. The molecule has 0 saturated carbocycles. The average molecular weight is 152 g/mol. The molecule has 0 aliphatic heterocycles. The number of nitrogens with zero attached hydrogens (tertiary/aromatic N) is 1. The second-order valence-corrected chi connectivity index (χ2v) is 3.06. The van der Waals surface area contributed by atoms with Gasteiger partial charge in [0.05, 0.1) is 11.7 Å². The molecule has 0 radical (unpaired) electrons. The molecule has 1 atom stereocenters. The van der Waals surface area contributed by atoms with Gasteiger partial charge >= 0.3 is 0 Å². The van der Waals surface area contributed by atoms with E-state index < -0.39 is 0 Å². The number of aromatic nitrogens is 1. The van der Waals surface area contributed by atoms with E-state index in [1.165, 1.54) is 6.42 Å².